The van der Waals surface area contributed by atoms with Crippen molar-refractivity contribution in [1.82, 2.24) is 5.32 Å². The third-order valence-electron chi connectivity index (χ3n) is 4.23. The van der Waals surface area contributed by atoms with Crippen molar-refractivity contribution in [2.24, 2.45) is 17.8 Å². The lowest BCUT2D eigenvalue weighted by Gasteiger charge is -2.14. The number of hydrogen-bond acceptors (Lipinski definition) is 3. The van der Waals surface area contributed by atoms with Crippen LogP contribution < -0.4 is 5.32 Å². The Morgan fingerprint density at radius 2 is 1.78 bits per heavy atom. The Morgan fingerprint density at radius 3 is 2.33 bits per heavy atom. The summed E-state index contributed by atoms with van der Waals surface area (Å²) in [4.78, 5) is 22.7. The summed E-state index contributed by atoms with van der Waals surface area (Å²) >= 11 is 0. The minimum atomic E-state index is -0.788. The largest absolute Gasteiger partial charge is 0.481 e. The van der Waals surface area contributed by atoms with E-state index in [9.17, 15) is 14.7 Å². The van der Waals surface area contributed by atoms with Crippen LogP contribution in [-0.4, -0.2) is 34.7 Å². The van der Waals surface area contributed by atoms with E-state index in [1.54, 1.807) is 0 Å². The quantitative estimate of drug-likeness (QED) is 0.692. The highest BCUT2D eigenvalue weighted by molar-refractivity contribution is 5.80. The summed E-state index contributed by atoms with van der Waals surface area (Å²) in [6, 6.07) is 0. The summed E-state index contributed by atoms with van der Waals surface area (Å²) in [5, 5.41) is 21.2. The monoisotopic (exact) mass is 255 g/mol. The summed E-state index contributed by atoms with van der Waals surface area (Å²) in [5.74, 6) is -0.920. The maximum absolute atomic E-state index is 11.9. The van der Waals surface area contributed by atoms with Crippen molar-refractivity contribution in [3.63, 3.8) is 0 Å². The van der Waals surface area contributed by atoms with Gasteiger partial charge >= 0.3 is 5.97 Å². The molecule has 0 aromatic carbocycles. The summed E-state index contributed by atoms with van der Waals surface area (Å²) in [6.07, 6.45) is 4.09. The third-order valence-corrected chi connectivity index (χ3v) is 4.23. The smallest absolute Gasteiger partial charge is 0.306 e. The van der Waals surface area contributed by atoms with Crippen LogP contribution in [0.15, 0.2) is 0 Å². The second kappa shape index (κ2) is 5.69. The van der Waals surface area contributed by atoms with E-state index in [4.69, 9.17) is 5.11 Å². The van der Waals surface area contributed by atoms with Crippen LogP contribution in [0.4, 0.5) is 0 Å². The van der Waals surface area contributed by atoms with Crippen LogP contribution in [0.1, 0.15) is 38.5 Å². The lowest BCUT2D eigenvalue weighted by Crippen LogP contribution is -2.33. The molecule has 0 radical (unpaired) electrons. The van der Waals surface area contributed by atoms with Crippen molar-refractivity contribution < 1.29 is 19.8 Å². The number of amides is 1. The van der Waals surface area contributed by atoms with E-state index in [1.165, 1.54) is 0 Å². The first-order valence-electron chi connectivity index (χ1n) is 6.75. The van der Waals surface area contributed by atoms with Crippen LogP contribution in [0.5, 0.6) is 0 Å². The fraction of sp³-hybridized carbons (Fsp3) is 0.846. The number of rotatable bonds is 4. The van der Waals surface area contributed by atoms with E-state index in [0.717, 1.165) is 19.3 Å². The van der Waals surface area contributed by atoms with Gasteiger partial charge in [0.25, 0.3) is 0 Å². The molecule has 0 bridgehead atoms. The van der Waals surface area contributed by atoms with E-state index in [0.29, 0.717) is 31.7 Å². The van der Waals surface area contributed by atoms with E-state index < -0.39 is 5.97 Å². The van der Waals surface area contributed by atoms with Crippen LogP contribution in [0.2, 0.25) is 0 Å². The zero-order valence-electron chi connectivity index (χ0n) is 10.5. The number of carboxylic acids is 1. The maximum atomic E-state index is 11.9. The van der Waals surface area contributed by atoms with E-state index in [2.05, 4.69) is 5.32 Å². The molecule has 0 aliphatic heterocycles. The molecule has 2 aliphatic rings. The number of aliphatic hydroxyl groups is 1. The molecule has 0 heterocycles. The molecule has 4 unspecified atom stereocenters. The number of hydrogen-bond donors (Lipinski definition) is 3. The molecule has 0 saturated heterocycles. The highest BCUT2D eigenvalue weighted by atomic mass is 16.4. The molecule has 18 heavy (non-hydrogen) atoms. The van der Waals surface area contributed by atoms with Gasteiger partial charge in [0, 0.05) is 12.5 Å². The van der Waals surface area contributed by atoms with Crippen LogP contribution in [0, 0.1) is 17.8 Å². The Bertz CT molecular complexity index is 331. The molecule has 2 rings (SSSR count). The molecule has 2 fully saturated rings. The van der Waals surface area contributed by atoms with Crippen LogP contribution in [-0.2, 0) is 9.59 Å². The van der Waals surface area contributed by atoms with Gasteiger partial charge in [-0.2, -0.15) is 0 Å². The van der Waals surface area contributed by atoms with Gasteiger partial charge < -0.3 is 15.5 Å². The van der Waals surface area contributed by atoms with E-state index in [1.807, 2.05) is 0 Å². The molecule has 4 atom stereocenters. The Morgan fingerprint density at radius 1 is 1.06 bits per heavy atom. The first kappa shape index (κ1) is 13.3. The zero-order chi connectivity index (χ0) is 13.1. The van der Waals surface area contributed by atoms with Crippen LogP contribution in [0.25, 0.3) is 0 Å². The number of aliphatic carboxylic acids is 1. The van der Waals surface area contributed by atoms with Gasteiger partial charge in [0.05, 0.1) is 12.0 Å². The molecule has 0 aromatic rings. The first-order valence-corrected chi connectivity index (χ1v) is 6.75. The molecule has 0 spiro atoms. The Balaban J connectivity index is 1.71. The van der Waals surface area contributed by atoms with E-state index in [-0.39, 0.29) is 23.8 Å². The fourth-order valence-electron chi connectivity index (χ4n) is 3.07. The average molecular weight is 255 g/mol. The van der Waals surface area contributed by atoms with Gasteiger partial charge in [-0.1, -0.05) is 0 Å². The van der Waals surface area contributed by atoms with Crippen LogP contribution in [0.3, 0.4) is 0 Å². The number of carbonyl (C=O) groups is 2. The molecule has 5 heteroatoms. The second-order valence-corrected chi connectivity index (χ2v) is 5.62. The molecular weight excluding hydrogens is 234 g/mol. The molecule has 102 valence electrons. The minimum Gasteiger partial charge on any atom is -0.481 e. The number of carbonyl (C=O) groups excluding carboxylic acids is 1. The Kier molecular flexibility index (Phi) is 4.22. The van der Waals surface area contributed by atoms with Crippen molar-refractivity contribution in [2.45, 2.75) is 44.6 Å². The minimum absolute atomic E-state index is 0.0138. The highest BCUT2D eigenvalue weighted by Crippen LogP contribution is 2.31. The summed E-state index contributed by atoms with van der Waals surface area (Å²) in [5.41, 5.74) is 0. The number of carboxylic acid groups (broad SMARTS) is 1. The summed E-state index contributed by atoms with van der Waals surface area (Å²) in [7, 11) is 0. The Hall–Kier alpha value is -1.10. The first-order chi connectivity index (χ1) is 8.56. The predicted molar refractivity (Wildman–Crippen MR) is 64.8 cm³/mol. The third kappa shape index (κ3) is 3.22. The summed E-state index contributed by atoms with van der Waals surface area (Å²) in [6.45, 7) is 0.615. The van der Waals surface area contributed by atoms with Crippen molar-refractivity contribution in [2.75, 3.05) is 6.54 Å². The topological polar surface area (TPSA) is 86.6 Å². The lowest BCUT2D eigenvalue weighted by molar-refractivity contribution is -0.141. The maximum Gasteiger partial charge on any atom is 0.306 e. The van der Waals surface area contributed by atoms with Crippen molar-refractivity contribution in [1.29, 1.82) is 0 Å². The number of aliphatic hydroxyl groups excluding tert-OH is 1. The molecular formula is C13H21NO4. The van der Waals surface area contributed by atoms with Crippen LogP contribution >= 0.6 is 0 Å². The average Bonchev–Trinajstić information content (AvgIpc) is 2.94. The lowest BCUT2D eigenvalue weighted by atomic mass is 10.0. The van der Waals surface area contributed by atoms with Crippen molar-refractivity contribution in [3.8, 4) is 0 Å². The molecule has 0 aromatic heterocycles. The van der Waals surface area contributed by atoms with Gasteiger partial charge in [0.15, 0.2) is 0 Å². The van der Waals surface area contributed by atoms with Gasteiger partial charge in [0.1, 0.15) is 0 Å². The van der Waals surface area contributed by atoms with Crippen molar-refractivity contribution >= 4 is 11.9 Å². The molecule has 5 nitrogen and oxygen atoms in total. The molecule has 3 N–H and O–H groups in total. The van der Waals surface area contributed by atoms with Gasteiger partial charge in [-0.25, -0.2) is 0 Å². The standard InChI is InChI=1S/C13H21NO4/c15-11-4-1-8(5-11)7-14-12(16)9-2-3-10(6-9)13(17)18/h8-11,15H,1-7H2,(H,14,16)(H,17,18). The van der Waals surface area contributed by atoms with Gasteiger partial charge in [-0.15, -0.1) is 0 Å². The van der Waals surface area contributed by atoms with E-state index >= 15 is 0 Å². The highest BCUT2D eigenvalue weighted by Gasteiger charge is 2.34. The SMILES string of the molecule is O=C(O)C1CCC(C(=O)NCC2CCC(O)C2)C1. The van der Waals surface area contributed by atoms with Gasteiger partial charge in [0.2, 0.25) is 5.91 Å². The fourth-order valence-corrected chi connectivity index (χ4v) is 3.07. The summed E-state index contributed by atoms with van der Waals surface area (Å²) < 4.78 is 0. The van der Waals surface area contributed by atoms with Gasteiger partial charge in [-0.05, 0) is 44.4 Å². The predicted octanol–water partition coefficient (Wildman–Crippen LogP) is 0.764. The number of nitrogens with one attached hydrogen (secondary N) is 1. The molecule has 2 saturated carbocycles. The zero-order valence-corrected chi connectivity index (χ0v) is 10.5. The van der Waals surface area contributed by atoms with Crippen molar-refractivity contribution in [3.05, 3.63) is 0 Å². The molecule has 2 aliphatic carbocycles. The molecule has 1 amide bonds. The van der Waals surface area contributed by atoms with Gasteiger partial charge in [-0.3, -0.25) is 9.59 Å². The second-order valence-electron chi connectivity index (χ2n) is 5.62. The normalized spacial score (nSPS) is 35.6. The Labute approximate surface area is 107 Å².